The molecule has 1 amide bonds. The Hall–Kier alpha value is -3.51. The summed E-state index contributed by atoms with van der Waals surface area (Å²) in [6, 6.07) is 23.6. The Labute approximate surface area is 187 Å². The van der Waals surface area contributed by atoms with Crippen molar-refractivity contribution in [3.05, 3.63) is 72.8 Å². The average Bonchev–Trinajstić information content (AvgIpc) is 3.61. The number of nitrogens with zero attached hydrogens (tertiary/aromatic N) is 1. The summed E-state index contributed by atoms with van der Waals surface area (Å²) in [5, 5.41) is 0. The lowest BCUT2D eigenvalue weighted by Gasteiger charge is -2.19. The predicted octanol–water partition coefficient (Wildman–Crippen LogP) is 4.32. The molecule has 2 unspecified atom stereocenters. The van der Waals surface area contributed by atoms with Crippen LogP contribution in [0.15, 0.2) is 72.8 Å². The standard InChI is InChI=1S/C26H25NO5/c1-29-25-15-20(9-12-23(25)31-17-22-16-30-22)27-14-13-24(26(27)28)32-21-10-7-19(8-11-21)18-5-3-2-4-6-18/h2-12,15,22,24H,13-14,16-17H2,1H3. The van der Waals surface area contributed by atoms with Gasteiger partial charge in [0.1, 0.15) is 18.5 Å². The third kappa shape index (κ3) is 4.41. The maximum absolute atomic E-state index is 13.0. The summed E-state index contributed by atoms with van der Waals surface area (Å²) in [5.41, 5.74) is 3.03. The van der Waals surface area contributed by atoms with Crippen molar-refractivity contribution in [3.8, 4) is 28.4 Å². The van der Waals surface area contributed by atoms with E-state index in [0.717, 1.165) is 23.4 Å². The van der Waals surface area contributed by atoms with Crippen LogP contribution < -0.4 is 19.1 Å². The smallest absolute Gasteiger partial charge is 0.268 e. The molecule has 164 valence electrons. The third-order valence-electron chi connectivity index (χ3n) is 5.68. The van der Waals surface area contributed by atoms with Crippen LogP contribution in [0.1, 0.15) is 6.42 Å². The van der Waals surface area contributed by atoms with Gasteiger partial charge < -0.3 is 23.8 Å². The Morgan fingerprint density at radius 3 is 2.44 bits per heavy atom. The van der Waals surface area contributed by atoms with Gasteiger partial charge in [0.2, 0.25) is 0 Å². The molecule has 0 N–H and O–H groups in total. The Bertz CT molecular complexity index is 1080. The normalized spacial score (nSPS) is 19.7. The highest BCUT2D eigenvalue weighted by Crippen LogP contribution is 2.34. The molecule has 2 heterocycles. The number of benzene rings is 3. The minimum absolute atomic E-state index is 0.0563. The highest BCUT2D eigenvalue weighted by atomic mass is 16.6. The van der Waals surface area contributed by atoms with Crippen LogP contribution in [-0.2, 0) is 9.53 Å². The summed E-state index contributed by atoms with van der Waals surface area (Å²) < 4.78 is 22.4. The molecule has 0 bridgehead atoms. The van der Waals surface area contributed by atoms with Crippen LogP contribution in [0.4, 0.5) is 5.69 Å². The van der Waals surface area contributed by atoms with Crippen molar-refractivity contribution in [1.82, 2.24) is 0 Å². The molecular weight excluding hydrogens is 406 g/mol. The Morgan fingerprint density at radius 1 is 0.969 bits per heavy atom. The van der Waals surface area contributed by atoms with Crippen LogP contribution in [0.3, 0.4) is 0 Å². The Kier molecular flexibility index (Phi) is 5.69. The maximum atomic E-state index is 13.0. The van der Waals surface area contributed by atoms with E-state index in [0.29, 0.717) is 36.8 Å². The van der Waals surface area contributed by atoms with Gasteiger partial charge in [0, 0.05) is 24.7 Å². The van der Waals surface area contributed by atoms with Gasteiger partial charge in [-0.15, -0.1) is 0 Å². The highest BCUT2D eigenvalue weighted by molar-refractivity contribution is 5.99. The van der Waals surface area contributed by atoms with Gasteiger partial charge in [-0.05, 0) is 35.4 Å². The van der Waals surface area contributed by atoms with Crippen molar-refractivity contribution in [3.63, 3.8) is 0 Å². The SMILES string of the molecule is COc1cc(N2CCC(Oc3ccc(-c4ccccc4)cc3)C2=O)ccc1OCC1CO1. The van der Waals surface area contributed by atoms with Crippen molar-refractivity contribution in [2.75, 3.05) is 31.8 Å². The van der Waals surface area contributed by atoms with E-state index in [4.69, 9.17) is 18.9 Å². The quantitative estimate of drug-likeness (QED) is 0.497. The number of epoxide rings is 1. The Morgan fingerprint density at radius 2 is 1.72 bits per heavy atom. The molecule has 2 saturated heterocycles. The van der Waals surface area contributed by atoms with Gasteiger partial charge in [-0.3, -0.25) is 4.79 Å². The lowest BCUT2D eigenvalue weighted by molar-refractivity contribution is -0.122. The van der Waals surface area contributed by atoms with Gasteiger partial charge in [0.05, 0.1) is 13.7 Å². The molecule has 2 aliphatic heterocycles. The zero-order chi connectivity index (χ0) is 21.9. The zero-order valence-corrected chi connectivity index (χ0v) is 17.9. The fraction of sp³-hybridized carbons (Fsp3) is 0.269. The van der Waals surface area contributed by atoms with E-state index in [-0.39, 0.29) is 12.0 Å². The van der Waals surface area contributed by atoms with Crippen LogP contribution >= 0.6 is 0 Å². The monoisotopic (exact) mass is 431 g/mol. The lowest BCUT2D eigenvalue weighted by Crippen LogP contribution is -2.32. The topological polar surface area (TPSA) is 60.5 Å². The maximum Gasteiger partial charge on any atom is 0.268 e. The number of hydrogen-bond donors (Lipinski definition) is 0. The summed E-state index contributed by atoms with van der Waals surface area (Å²) in [6.07, 6.45) is 0.282. The summed E-state index contributed by atoms with van der Waals surface area (Å²) in [6.45, 7) is 1.82. The molecule has 0 saturated carbocycles. The molecular formula is C26H25NO5. The van der Waals surface area contributed by atoms with Gasteiger partial charge in [0.25, 0.3) is 5.91 Å². The van der Waals surface area contributed by atoms with E-state index < -0.39 is 6.10 Å². The van der Waals surface area contributed by atoms with Crippen molar-refractivity contribution in [2.45, 2.75) is 18.6 Å². The summed E-state index contributed by atoms with van der Waals surface area (Å²) >= 11 is 0. The molecule has 3 aromatic rings. The largest absolute Gasteiger partial charge is 0.493 e. The molecule has 3 aromatic carbocycles. The number of ether oxygens (including phenoxy) is 4. The minimum atomic E-state index is -0.508. The van der Waals surface area contributed by atoms with Crippen LogP contribution in [-0.4, -0.2) is 45.0 Å². The van der Waals surface area contributed by atoms with Crippen molar-refractivity contribution in [1.29, 1.82) is 0 Å². The molecule has 6 heteroatoms. The van der Waals surface area contributed by atoms with Crippen molar-refractivity contribution in [2.24, 2.45) is 0 Å². The van der Waals surface area contributed by atoms with Gasteiger partial charge in [-0.25, -0.2) is 0 Å². The molecule has 0 radical (unpaired) electrons. The molecule has 6 nitrogen and oxygen atoms in total. The van der Waals surface area contributed by atoms with Gasteiger partial charge >= 0.3 is 0 Å². The molecule has 0 aliphatic carbocycles. The first-order valence-electron chi connectivity index (χ1n) is 10.8. The second-order valence-corrected chi connectivity index (χ2v) is 7.88. The van der Waals surface area contributed by atoms with E-state index in [2.05, 4.69) is 12.1 Å². The molecule has 2 atom stereocenters. The first kappa shape index (κ1) is 20.4. The van der Waals surface area contributed by atoms with Crippen LogP contribution in [0, 0.1) is 0 Å². The van der Waals surface area contributed by atoms with Crippen molar-refractivity contribution >= 4 is 11.6 Å². The second-order valence-electron chi connectivity index (χ2n) is 7.88. The fourth-order valence-corrected chi connectivity index (χ4v) is 3.83. The average molecular weight is 431 g/mol. The van der Waals surface area contributed by atoms with Crippen molar-refractivity contribution < 1.29 is 23.7 Å². The molecule has 5 rings (SSSR count). The van der Waals surface area contributed by atoms with E-state index in [1.165, 1.54) is 0 Å². The number of carbonyl (C=O) groups is 1. The third-order valence-corrected chi connectivity index (χ3v) is 5.68. The van der Waals surface area contributed by atoms with E-state index in [9.17, 15) is 4.79 Å². The number of carbonyl (C=O) groups excluding carboxylic acids is 1. The van der Waals surface area contributed by atoms with Gasteiger partial charge in [-0.1, -0.05) is 42.5 Å². The minimum Gasteiger partial charge on any atom is -0.493 e. The summed E-state index contributed by atoms with van der Waals surface area (Å²) in [5.74, 6) is 1.87. The Balaban J connectivity index is 1.24. The molecule has 2 fully saturated rings. The first-order chi connectivity index (χ1) is 15.7. The highest BCUT2D eigenvalue weighted by Gasteiger charge is 2.35. The molecule has 0 spiro atoms. The fourth-order valence-electron chi connectivity index (χ4n) is 3.83. The number of amides is 1. The van der Waals surface area contributed by atoms with Gasteiger partial charge in [-0.2, -0.15) is 0 Å². The van der Waals surface area contributed by atoms with Gasteiger partial charge in [0.15, 0.2) is 17.6 Å². The number of rotatable bonds is 8. The van der Waals surface area contributed by atoms with Crippen LogP contribution in [0.25, 0.3) is 11.1 Å². The first-order valence-corrected chi connectivity index (χ1v) is 10.8. The second kappa shape index (κ2) is 8.93. The lowest BCUT2D eigenvalue weighted by atomic mass is 10.1. The number of anilines is 1. The number of methoxy groups -OCH3 is 1. The van der Waals surface area contributed by atoms with E-state index in [1.807, 2.05) is 60.7 Å². The summed E-state index contributed by atoms with van der Waals surface area (Å²) in [7, 11) is 1.59. The van der Waals surface area contributed by atoms with Crippen LogP contribution in [0.2, 0.25) is 0 Å². The molecule has 0 aromatic heterocycles. The molecule has 2 aliphatic rings. The number of hydrogen-bond acceptors (Lipinski definition) is 5. The molecule has 32 heavy (non-hydrogen) atoms. The van der Waals surface area contributed by atoms with Crippen LogP contribution in [0.5, 0.6) is 17.2 Å². The van der Waals surface area contributed by atoms with E-state index in [1.54, 1.807) is 12.0 Å². The summed E-state index contributed by atoms with van der Waals surface area (Å²) in [4.78, 5) is 14.8. The zero-order valence-electron chi connectivity index (χ0n) is 17.9. The van der Waals surface area contributed by atoms with E-state index >= 15 is 0 Å². The predicted molar refractivity (Wildman–Crippen MR) is 121 cm³/mol.